The van der Waals surface area contributed by atoms with Crippen molar-refractivity contribution in [2.45, 2.75) is 56.5 Å². The monoisotopic (exact) mass is 657 g/mol. The van der Waals surface area contributed by atoms with E-state index in [4.69, 9.17) is 18.9 Å². The molecule has 4 aromatic rings. The maximum atomic E-state index is 15.4. The number of hydrogen-bond acceptors (Lipinski definition) is 8. The number of ether oxygens (including phenoxy) is 4. The zero-order valence-corrected chi connectivity index (χ0v) is 26.7. The first kappa shape index (κ1) is 32.0. The molecule has 2 heterocycles. The van der Waals surface area contributed by atoms with Crippen LogP contribution in [0.4, 0.5) is 14.5 Å². The highest BCUT2D eigenvalue weighted by molar-refractivity contribution is 6.14. The van der Waals surface area contributed by atoms with Crippen molar-refractivity contribution in [3.05, 3.63) is 84.1 Å². The Hall–Kier alpha value is -4.61. The van der Waals surface area contributed by atoms with Gasteiger partial charge in [-0.15, -0.1) is 0 Å². The summed E-state index contributed by atoms with van der Waals surface area (Å²) in [5.41, 5.74) is 0.209. The molecule has 3 aromatic carbocycles. The summed E-state index contributed by atoms with van der Waals surface area (Å²) in [6.45, 7) is 2.06. The lowest BCUT2D eigenvalue weighted by molar-refractivity contribution is -0.132. The third-order valence-electron chi connectivity index (χ3n) is 9.48. The fourth-order valence-corrected chi connectivity index (χ4v) is 6.21. The smallest absolute Gasteiger partial charge is 0.238 e. The van der Waals surface area contributed by atoms with Gasteiger partial charge in [0.15, 0.2) is 28.8 Å². The molecule has 2 aliphatic carbocycles. The minimum atomic E-state index is -1.17. The Labute approximate surface area is 276 Å². The molecule has 9 nitrogen and oxygen atoms in total. The minimum absolute atomic E-state index is 0.0250. The van der Waals surface area contributed by atoms with Crippen molar-refractivity contribution in [2.24, 2.45) is 5.41 Å². The molecule has 3 fully saturated rings. The Bertz CT molecular complexity index is 1840. The average molecular weight is 658 g/mol. The predicted molar refractivity (Wildman–Crippen MR) is 175 cm³/mol. The van der Waals surface area contributed by atoms with Crippen molar-refractivity contribution >= 4 is 28.3 Å². The molecule has 0 radical (unpaired) electrons. The van der Waals surface area contributed by atoms with Crippen molar-refractivity contribution in [3.8, 4) is 23.0 Å². The molecule has 2 saturated carbocycles. The fourth-order valence-electron chi connectivity index (χ4n) is 6.21. The van der Waals surface area contributed by atoms with Crippen LogP contribution < -0.4 is 24.8 Å². The summed E-state index contributed by atoms with van der Waals surface area (Å²) in [7, 11) is 1.57. The molecule has 0 bridgehead atoms. The zero-order valence-electron chi connectivity index (χ0n) is 26.7. The molecule has 0 atom stereocenters. The highest BCUT2D eigenvalue weighted by Gasteiger charge is 2.55. The van der Waals surface area contributed by atoms with Gasteiger partial charge in [0.1, 0.15) is 23.6 Å². The highest BCUT2D eigenvalue weighted by Crippen LogP contribution is 2.48. The number of Topliss-reactive ketones (excluding diaryl/α,β-unsaturated/α-hetero) is 1. The second-order valence-corrected chi connectivity index (χ2v) is 12.9. The molecule has 2 N–H and O–H groups in total. The van der Waals surface area contributed by atoms with Crippen molar-refractivity contribution in [2.75, 3.05) is 32.2 Å². The van der Waals surface area contributed by atoms with Gasteiger partial charge in [-0.25, -0.2) is 8.78 Å². The Kier molecular flexibility index (Phi) is 8.74. The SMILES string of the molecule is COc1cc2c(Oc3ccc(CC(=O)C4(C(=O)Nc5ccc(F)cc5)CC4)cc3F)ccnc2cc1OCC1(NC2CCOCC2)CC1. The second-order valence-electron chi connectivity index (χ2n) is 12.9. The van der Waals surface area contributed by atoms with Crippen LogP contribution >= 0.6 is 0 Å². The molecular weight excluding hydrogens is 620 g/mol. The number of nitrogens with zero attached hydrogens (tertiary/aromatic N) is 1. The summed E-state index contributed by atoms with van der Waals surface area (Å²) in [6.07, 6.45) is 6.36. The van der Waals surface area contributed by atoms with Gasteiger partial charge >= 0.3 is 0 Å². The van der Waals surface area contributed by atoms with E-state index in [1.807, 2.05) is 0 Å². The lowest BCUT2D eigenvalue weighted by Crippen LogP contribution is -2.46. The molecular formula is C37H37F2N3O6. The molecule has 3 aliphatic rings. The van der Waals surface area contributed by atoms with Gasteiger partial charge in [-0.2, -0.15) is 0 Å². The Morgan fingerprint density at radius 3 is 2.38 bits per heavy atom. The van der Waals surface area contributed by atoms with Gasteiger partial charge in [-0.1, -0.05) is 6.07 Å². The molecule has 0 unspecified atom stereocenters. The van der Waals surface area contributed by atoms with E-state index in [1.165, 1.54) is 36.4 Å². The maximum absolute atomic E-state index is 15.4. The van der Waals surface area contributed by atoms with Gasteiger partial charge in [0, 0.05) is 49.0 Å². The molecule has 1 aromatic heterocycles. The molecule has 7 rings (SSSR count). The first-order valence-electron chi connectivity index (χ1n) is 16.3. The summed E-state index contributed by atoms with van der Waals surface area (Å²) in [4.78, 5) is 30.6. The van der Waals surface area contributed by atoms with Crippen LogP contribution in [0, 0.1) is 17.0 Å². The molecule has 11 heteroatoms. The second kappa shape index (κ2) is 13.1. The molecule has 48 heavy (non-hydrogen) atoms. The van der Waals surface area contributed by atoms with E-state index >= 15 is 4.39 Å². The van der Waals surface area contributed by atoms with Crippen LogP contribution in [-0.4, -0.2) is 55.2 Å². The van der Waals surface area contributed by atoms with Crippen LogP contribution in [0.15, 0.2) is 66.9 Å². The van der Waals surface area contributed by atoms with E-state index in [-0.39, 0.29) is 23.5 Å². The Balaban J connectivity index is 1.02. The summed E-state index contributed by atoms with van der Waals surface area (Å²) in [6, 6.07) is 15.3. The number of pyridine rings is 1. The van der Waals surface area contributed by atoms with Gasteiger partial charge < -0.3 is 29.6 Å². The number of anilines is 1. The quantitative estimate of drug-likeness (QED) is 0.157. The van der Waals surface area contributed by atoms with Crippen LogP contribution in [0.2, 0.25) is 0 Å². The first-order chi connectivity index (χ1) is 23.3. The number of ketones is 1. The summed E-state index contributed by atoms with van der Waals surface area (Å²) >= 11 is 0. The van der Waals surface area contributed by atoms with Gasteiger partial charge in [0.25, 0.3) is 0 Å². The zero-order chi connectivity index (χ0) is 33.3. The van der Waals surface area contributed by atoms with Gasteiger partial charge in [-0.05, 0) is 92.6 Å². The summed E-state index contributed by atoms with van der Waals surface area (Å²) in [5.74, 6) is -0.385. The third kappa shape index (κ3) is 6.84. The van der Waals surface area contributed by atoms with E-state index in [0.717, 1.165) is 38.9 Å². The first-order valence-corrected chi connectivity index (χ1v) is 16.3. The third-order valence-corrected chi connectivity index (χ3v) is 9.48. The van der Waals surface area contributed by atoms with Crippen molar-refractivity contribution in [1.29, 1.82) is 0 Å². The maximum Gasteiger partial charge on any atom is 0.238 e. The standard InChI is InChI=1S/C37H37F2N3O6/c1-45-32-20-27-29(21-33(32)47-22-36(11-12-36)42-26-9-16-46-17-10-26)40-15-8-30(27)48-31-7-2-23(18-28(31)39)19-34(43)37(13-14-37)35(44)41-25-5-3-24(38)4-6-25/h2-8,15,18,20-21,26,42H,9-14,16-17,19,22H2,1H3,(H,41,44). The van der Waals surface area contributed by atoms with E-state index in [9.17, 15) is 14.0 Å². The van der Waals surface area contributed by atoms with Gasteiger partial charge in [-0.3, -0.25) is 14.6 Å². The minimum Gasteiger partial charge on any atom is -0.493 e. The molecule has 1 amide bonds. The molecule has 0 spiro atoms. The number of rotatable bonds is 13. The van der Waals surface area contributed by atoms with Gasteiger partial charge in [0.2, 0.25) is 5.91 Å². The van der Waals surface area contributed by atoms with E-state index < -0.39 is 23.0 Å². The van der Waals surface area contributed by atoms with Crippen LogP contribution in [0.25, 0.3) is 10.9 Å². The average Bonchev–Trinajstić information content (AvgIpc) is 4.03. The highest BCUT2D eigenvalue weighted by atomic mass is 19.1. The molecule has 1 aliphatic heterocycles. The normalized spacial score (nSPS) is 17.8. The van der Waals surface area contributed by atoms with Crippen molar-refractivity contribution in [1.82, 2.24) is 10.3 Å². The van der Waals surface area contributed by atoms with E-state index in [0.29, 0.717) is 64.9 Å². The fraction of sp³-hybridized carbons (Fsp3) is 0.378. The lowest BCUT2D eigenvalue weighted by atomic mass is 9.94. The summed E-state index contributed by atoms with van der Waals surface area (Å²) < 4.78 is 52.0. The number of carbonyl (C=O) groups excluding carboxylic acids is 2. The number of aromatic nitrogens is 1. The van der Waals surface area contributed by atoms with Crippen LogP contribution in [0.3, 0.4) is 0 Å². The van der Waals surface area contributed by atoms with E-state index in [2.05, 4.69) is 15.6 Å². The van der Waals surface area contributed by atoms with Crippen molar-refractivity contribution in [3.63, 3.8) is 0 Å². The Morgan fingerprint density at radius 2 is 1.69 bits per heavy atom. The molecule has 1 saturated heterocycles. The number of nitrogens with one attached hydrogen (secondary N) is 2. The topological polar surface area (TPSA) is 108 Å². The van der Waals surface area contributed by atoms with Crippen LogP contribution in [-0.2, 0) is 20.7 Å². The van der Waals surface area contributed by atoms with E-state index in [1.54, 1.807) is 37.6 Å². The summed E-state index contributed by atoms with van der Waals surface area (Å²) in [5, 5.41) is 7.08. The predicted octanol–water partition coefficient (Wildman–Crippen LogP) is 6.52. The van der Waals surface area contributed by atoms with Gasteiger partial charge in [0.05, 0.1) is 18.2 Å². The van der Waals surface area contributed by atoms with Crippen LogP contribution in [0.1, 0.15) is 44.1 Å². The number of carbonyl (C=O) groups is 2. The number of methoxy groups -OCH3 is 1. The van der Waals surface area contributed by atoms with Crippen LogP contribution in [0.5, 0.6) is 23.0 Å². The number of halogens is 2. The largest absolute Gasteiger partial charge is 0.493 e. The number of fused-ring (bicyclic) bond motifs is 1. The Morgan fingerprint density at radius 1 is 0.917 bits per heavy atom. The number of benzene rings is 3. The number of hydrogen-bond donors (Lipinski definition) is 2. The van der Waals surface area contributed by atoms with Crippen molar-refractivity contribution < 1.29 is 37.3 Å². The molecule has 250 valence electrons. The lowest BCUT2D eigenvalue weighted by Gasteiger charge is -2.28. The number of amides is 1.